The first kappa shape index (κ1) is 14.4. The summed E-state index contributed by atoms with van der Waals surface area (Å²) >= 11 is 0. The normalized spacial score (nSPS) is 25.1. The molecule has 1 aliphatic heterocycles. The van der Waals surface area contributed by atoms with Crippen molar-refractivity contribution in [3.63, 3.8) is 0 Å². The first-order chi connectivity index (χ1) is 9.10. The van der Waals surface area contributed by atoms with E-state index in [2.05, 4.69) is 46.4 Å². The summed E-state index contributed by atoms with van der Waals surface area (Å²) in [5, 5.41) is 16.0. The first-order valence-electron chi connectivity index (χ1n) is 7.30. The molecule has 1 fully saturated rings. The van der Waals surface area contributed by atoms with E-state index >= 15 is 0 Å². The molecule has 1 saturated heterocycles. The highest BCUT2D eigenvalue weighted by atomic mass is 15.6. The van der Waals surface area contributed by atoms with E-state index in [4.69, 9.17) is 0 Å². The molecule has 1 aromatic rings. The van der Waals surface area contributed by atoms with Gasteiger partial charge >= 0.3 is 0 Å². The molecule has 0 aliphatic carbocycles. The van der Waals surface area contributed by atoms with E-state index in [1.807, 2.05) is 7.05 Å². The van der Waals surface area contributed by atoms with Gasteiger partial charge in [0.15, 0.2) is 5.82 Å². The average Bonchev–Trinajstić information content (AvgIpc) is 2.75. The molecule has 1 aliphatic rings. The van der Waals surface area contributed by atoms with Gasteiger partial charge in [-0.3, -0.25) is 4.90 Å². The first-order valence-corrected chi connectivity index (χ1v) is 7.30. The highest BCUT2D eigenvalue weighted by molar-refractivity contribution is 4.90. The molecule has 0 saturated carbocycles. The van der Waals surface area contributed by atoms with Crippen LogP contribution in [0.15, 0.2) is 0 Å². The molecule has 19 heavy (non-hydrogen) atoms. The quantitative estimate of drug-likeness (QED) is 0.854. The van der Waals surface area contributed by atoms with Gasteiger partial charge in [-0.05, 0) is 17.6 Å². The Balaban J connectivity index is 2.02. The lowest BCUT2D eigenvalue weighted by atomic mass is 9.97. The minimum absolute atomic E-state index is 0.553. The Bertz CT molecular complexity index is 388. The van der Waals surface area contributed by atoms with E-state index in [1.165, 1.54) is 17.6 Å². The molecule has 1 N–H and O–H groups in total. The molecule has 6 heteroatoms. The van der Waals surface area contributed by atoms with Crippen LogP contribution in [-0.4, -0.2) is 50.3 Å². The van der Waals surface area contributed by atoms with Crippen molar-refractivity contribution in [1.29, 1.82) is 0 Å². The van der Waals surface area contributed by atoms with Crippen LogP contribution in [0, 0.1) is 5.92 Å². The van der Waals surface area contributed by atoms with Crippen molar-refractivity contribution in [2.24, 2.45) is 13.0 Å². The summed E-state index contributed by atoms with van der Waals surface area (Å²) in [6, 6.07) is 1.15. The molecule has 108 valence electrons. The Morgan fingerprint density at radius 3 is 2.79 bits per heavy atom. The van der Waals surface area contributed by atoms with Crippen LogP contribution < -0.4 is 5.32 Å². The van der Waals surface area contributed by atoms with Gasteiger partial charge in [-0.25, -0.2) is 0 Å². The molecule has 6 nitrogen and oxygen atoms in total. The van der Waals surface area contributed by atoms with E-state index in [1.54, 1.807) is 0 Å². The number of tetrazole rings is 1. The molecule has 0 spiro atoms. The fourth-order valence-corrected chi connectivity index (χ4v) is 2.85. The summed E-state index contributed by atoms with van der Waals surface area (Å²) in [7, 11) is 1.81. The van der Waals surface area contributed by atoms with Crippen molar-refractivity contribution in [2.75, 3.05) is 13.1 Å². The number of aryl methyl sites for hydroxylation is 1. The smallest absolute Gasteiger partial charge is 0.188 e. The summed E-state index contributed by atoms with van der Waals surface area (Å²) < 4.78 is 0. The molecule has 0 bridgehead atoms. The SMILES string of the molecule is CCCC1CN(Cc2nnn(C)n2)C(C(C)C)CN1. The zero-order valence-electron chi connectivity index (χ0n) is 12.5. The zero-order valence-corrected chi connectivity index (χ0v) is 12.5. The van der Waals surface area contributed by atoms with Crippen molar-refractivity contribution in [3.8, 4) is 0 Å². The number of nitrogens with one attached hydrogen (secondary N) is 1. The van der Waals surface area contributed by atoms with Crippen LogP contribution in [0.25, 0.3) is 0 Å². The third-order valence-corrected chi connectivity index (χ3v) is 3.84. The number of piperazine rings is 1. The number of hydrogen-bond donors (Lipinski definition) is 1. The fourth-order valence-electron chi connectivity index (χ4n) is 2.85. The second-order valence-electron chi connectivity index (χ2n) is 5.83. The molecule has 2 atom stereocenters. The summed E-state index contributed by atoms with van der Waals surface area (Å²) in [6.45, 7) is 9.74. The molecule has 2 heterocycles. The van der Waals surface area contributed by atoms with Crippen LogP contribution in [0.4, 0.5) is 0 Å². The zero-order chi connectivity index (χ0) is 13.8. The Morgan fingerprint density at radius 2 is 2.21 bits per heavy atom. The highest BCUT2D eigenvalue weighted by Gasteiger charge is 2.30. The summed E-state index contributed by atoms with van der Waals surface area (Å²) in [5.41, 5.74) is 0. The molecule has 0 amide bonds. The van der Waals surface area contributed by atoms with Crippen molar-refractivity contribution in [2.45, 2.75) is 52.2 Å². The van der Waals surface area contributed by atoms with Gasteiger partial charge in [0.05, 0.1) is 13.6 Å². The van der Waals surface area contributed by atoms with Crippen molar-refractivity contribution >= 4 is 0 Å². The van der Waals surface area contributed by atoms with E-state index in [0.717, 1.165) is 25.5 Å². The number of nitrogens with zero attached hydrogens (tertiary/aromatic N) is 5. The number of aromatic nitrogens is 4. The van der Waals surface area contributed by atoms with Gasteiger partial charge < -0.3 is 5.32 Å². The molecule has 1 aromatic heterocycles. The van der Waals surface area contributed by atoms with Crippen LogP contribution >= 0.6 is 0 Å². The van der Waals surface area contributed by atoms with E-state index in [0.29, 0.717) is 18.0 Å². The largest absolute Gasteiger partial charge is 0.311 e. The fraction of sp³-hybridized carbons (Fsp3) is 0.923. The predicted octanol–water partition coefficient (Wildman–Crippen LogP) is 0.809. The van der Waals surface area contributed by atoms with Gasteiger partial charge in [-0.2, -0.15) is 4.80 Å². The standard InChI is InChI=1S/C13H26N6/c1-5-6-11-8-19(12(7-14-11)10(2)3)9-13-15-17-18(4)16-13/h10-12,14H,5-9H2,1-4H3. The van der Waals surface area contributed by atoms with Crippen molar-refractivity contribution in [3.05, 3.63) is 5.82 Å². The molecule has 0 aromatic carbocycles. The predicted molar refractivity (Wildman–Crippen MR) is 74.5 cm³/mol. The maximum atomic E-state index is 4.30. The van der Waals surface area contributed by atoms with Crippen LogP contribution in [0.3, 0.4) is 0 Å². The highest BCUT2D eigenvalue weighted by Crippen LogP contribution is 2.18. The Morgan fingerprint density at radius 1 is 1.42 bits per heavy atom. The van der Waals surface area contributed by atoms with Crippen LogP contribution in [0.5, 0.6) is 0 Å². The number of rotatable bonds is 5. The maximum absolute atomic E-state index is 4.30. The van der Waals surface area contributed by atoms with Gasteiger partial charge in [-0.15, -0.1) is 10.2 Å². The molecular weight excluding hydrogens is 240 g/mol. The minimum Gasteiger partial charge on any atom is -0.311 e. The second-order valence-corrected chi connectivity index (χ2v) is 5.83. The van der Waals surface area contributed by atoms with Crippen LogP contribution in [0.2, 0.25) is 0 Å². The third-order valence-electron chi connectivity index (χ3n) is 3.84. The van der Waals surface area contributed by atoms with Crippen molar-refractivity contribution < 1.29 is 0 Å². The minimum atomic E-state index is 0.553. The third kappa shape index (κ3) is 3.73. The Labute approximate surface area is 115 Å². The summed E-state index contributed by atoms with van der Waals surface area (Å²) in [4.78, 5) is 4.05. The van der Waals surface area contributed by atoms with E-state index < -0.39 is 0 Å². The van der Waals surface area contributed by atoms with Gasteiger partial charge in [-0.1, -0.05) is 27.2 Å². The van der Waals surface area contributed by atoms with Crippen LogP contribution in [0.1, 0.15) is 39.4 Å². The Hall–Kier alpha value is -1.01. The van der Waals surface area contributed by atoms with E-state index in [-0.39, 0.29) is 0 Å². The molecule has 0 radical (unpaired) electrons. The summed E-state index contributed by atoms with van der Waals surface area (Å²) in [6.07, 6.45) is 2.45. The molecule has 2 unspecified atom stereocenters. The van der Waals surface area contributed by atoms with Crippen LogP contribution in [-0.2, 0) is 13.6 Å². The lowest BCUT2D eigenvalue weighted by Crippen LogP contribution is -2.57. The molecular formula is C13H26N6. The summed E-state index contributed by atoms with van der Waals surface area (Å²) in [5.74, 6) is 1.46. The van der Waals surface area contributed by atoms with Gasteiger partial charge in [0.25, 0.3) is 0 Å². The Kier molecular flexibility index (Phi) is 4.87. The van der Waals surface area contributed by atoms with Gasteiger partial charge in [0, 0.05) is 25.2 Å². The molecule has 2 rings (SSSR count). The van der Waals surface area contributed by atoms with Crippen molar-refractivity contribution in [1.82, 2.24) is 30.4 Å². The number of hydrogen-bond acceptors (Lipinski definition) is 5. The average molecular weight is 266 g/mol. The van der Waals surface area contributed by atoms with Gasteiger partial charge in [0.2, 0.25) is 0 Å². The monoisotopic (exact) mass is 266 g/mol. The lowest BCUT2D eigenvalue weighted by molar-refractivity contribution is 0.0859. The maximum Gasteiger partial charge on any atom is 0.188 e. The lowest BCUT2D eigenvalue weighted by Gasteiger charge is -2.42. The van der Waals surface area contributed by atoms with Gasteiger partial charge in [0.1, 0.15) is 0 Å². The topological polar surface area (TPSA) is 58.9 Å². The van der Waals surface area contributed by atoms with E-state index in [9.17, 15) is 0 Å². The second kappa shape index (κ2) is 6.43.